The average molecular weight is 486 g/mol. The summed E-state index contributed by atoms with van der Waals surface area (Å²) in [6, 6.07) is 24.1. The van der Waals surface area contributed by atoms with E-state index in [9.17, 15) is 14.4 Å². The third kappa shape index (κ3) is 3.10. The van der Waals surface area contributed by atoms with Crippen LogP contribution in [0.2, 0.25) is 5.02 Å². The predicted molar refractivity (Wildman–Crippen MR) is 132 cm³/mol. The van der Waals surface area contributed by atoms with E-state index in [0.29, 0.717) is 5.02 Å². The van der Waals surface area contributed by atoms with Crippen molar-refractivity contribution in [2.45, 2.75) is 31.6 Å². The molecule has 176 valence electrons. The van der Waals surface area contributed by atoms with E-state index in [1.54, 1.807) is 11.0 Å². The molecule has 3 amide bonds. The molecular weight excluding hydrogens is 462 g/mol. The Kier molecular flexibility index (Phi) is 5.06. The van der Waals surface area contributed by atoms with E-state index in [1.807, 2.05) is 79.7 Å². The SMILES string of the molecule is C[C@@H]1N[C@]2(C(=O)N(Cc3ccccc3Cl)c3ccccc32)[C@@H]2C(=O)N(Cc3ccccc3)C(=O)[C@H]12. The Balaban J connectivity index is 1.43. The van der Waals surface area contributed by atoms with Crippen molar-refractivity contribution in [3.8, 4) is 0 Å². The zero-order chi connectivity index (χ0) is 24.3. The van der Waals surface area contributed by atoms with Crippen LogP contribution in [-0.4, -0.2) is 28.7 Å². The van der Waals surface area contributed by atoms with Crippen molar-refractivity contribution in [1.29, 1.82) is 0 Å². The van der Waals surface area contributed by atoms with Gasteiger partial charge in [0.15, 0.2) is 0 Å². The fourth-order valence-corrected chi connectivity index (χ4v) is 6.24. The number of likely N-dealkylation sites (tertiary alicyclic amines) is 1. The molecule has 3 aromatic carbocycles. The van der Waals surface area contributed by atoms with Gasteiger partial charge >= 0.3 is 0 Å². The first-order valence-electron chi connectivity index (χ1n) is 11.7. The number of halogens is 1. The first kappa shape index (κ1) is 22.0. The van der Waals surface area contributed by atoms with E-state index in [-0.39, 0.29) is 36.9 Å². The number of carbonyl (C=O) groups excluding carboxylic acids is 3. The molecule has 3 aliphatic heterocycles. The molecule has 2 fully saturated rings. The number of imide groups is 1. The number of rotatable bonds is 4. The van der Waals surface area contributed by atoms with Gasteiger partial charge in [0.25, 0.3) is 5.91 Å². The van der Waals surface area contributed by atoms with Crippen LogP contribution in [0.4, 0.5) is 5.69 Å². The van der Waals surface area contributed by atoms with E-state index in [2.05, 4.69) is 5.32 Å². The van der Waals surface area contributed by atoms with Crippen molar-refractivity contribution >= 4 is 35.0 Å². The lowest BCUT2D eigenvalue weighted by atomic mass is 9.76. The zero-order valence-corrected chi connectivity index (χ0v) is 19.9. The van der Waals surface area contributed by atoms with Crippen LogP contribution in [0.25, 0.3) is 0 Å². The van der Waals surface area contributed by atoms with Crippen LogP contribution in [0, 0.1) is 11.8 Å². The molecule has 0 unspecified atom stereocenters. The Labute approximate surface area is 208 Å². The quantitative estimate of drug-likeness (QED) is 0.569. The predicted octanol–water partition coefficient (Wildman–Crippen LogP) is 3.88. The minimum Gasteiger partial charge on any atom is -0.306 e. The molecule has 6 rings (SSSR count). The lowest BCUT2D eigenvalue weighted by Gasteiger charge is -2.30. The second kappa shape index (κ2) is 8.04. The Morgan fingerprint density at radius 2 is 1.51 bits per heavy atom. The molecule has 4 atom stereocenters. The molecule has 0 bridgehead atoms. The van der Waals surface area contributed by atoms with Crippen molar-refractivity contribution in [3.05, 3.63) is 101 Å². The van der Waals surface area contributed by atoms with E-state index >= 15 is 0 Å². The summed E-state index contributed by atoms with van der Waals surface area (Å²) in [7, 11) is 0. The summed E-state index contributed by atoms with van der Waals surface area (Å²) in [6.07, 6.45) is 0. The third-order valence-corrected chi connectivity index (χ3v) is 7.94. The summed E-state index contributed by atoms with van der Waals surface area (Å²) in [6.45, 7) is 2.37. The van der Waals surface area contributed by atoms with Crippen LogP contribution in [-0.2, 0) is 33.0 Å². The van der Waals surface area contributed by atoms with Crippen molar-refractivity contribution < 1.29 is 14.4 Å². The number of fused-ring (bicyclic) bond motifs is 4. The summed E-state index contributed by atoms with van der Waals surface area (Å²) >= 11 is 6.42. The Morgan fingerprint density at radius 1 is 0.829 bits per heavy atom. The molecule has 1 spiro atoms. The van der Waals surface area contributed by atoms with Crippen molar-refractivity contribution in [1.82, 2.24) is 10.2 Å². The van der Waals surface area contributed by atoms with Crippen molar-refractivity contribution in [3.63, 3.8) is 0 Å². The highest BCUT2D eigenvalue weighted by Gasteiger charge is 2.70. The first-order chi connectivity index (χ1) is 16.9. The number of nitrogens with zero attached hydrogens (tertiary/aromatic N) is 2. The summed E-state index contributed by atoms with van der Waals surface area (Å²) in [5, 5.41) is 3.99. The number of amides is 3. The molecule has 0 radical (unpaired) electrons. The van der Waals surface area contributed by atoms with Gasteiger partial charge < -0.3 is 4.90 Å². The summed E-state index contributed by atoms with van der Waals surface area (Å²) in [5.74, 6) is -2.17. The van der Waals surface area contributed by atoms with E-state index in [4.69, 9.17) is 11.6 Å². The lowest BCUT2D eigenvalue weighted by molar-refractivity contribution is -0.143. The monoisotopic (exact) mass is 485 g/mol. The smallest absolute Gasteiger partial charge is 0.253 e. The van der Waals surface area contributed by atoms with Gasteiger partial charge in [-0.25, -0.2) is 0 Å². The summed E-state index contributed by atoms with van der Waals surface area (Å²) < 4.78 is 0. The lowest BCUT2D eigenvalue weighted by Crippen LogP contribution is -2.54. The van der Waals surface area contributed by atoms with Crippen LogP contribution in [0.5, 0.6) is 0 Å². The fraction of sp³-hybridized carbons (Fsp3) is 0.250. The fourth-order valence-electron chi connectivity index (χ4n) is 6.04. The van der Waals surface area contributed by atoms with Crippen LogP contribution in [0.1, 0.15) is 23.6 Å². The molecule has 3 heterocycles. The van der Waals surface area contributed by atoms with Gasteiger partial charge in [-0.2, -0.15) is 0 Å². The number of benzene rings is 3. The largest absolute Gasteiger partial charge is 0.306 e. The van der Waals surface area contributed by atoms with E-state index in [0.717, 1.165) is 22.4 Å². The standard InChI is InChI=1S/C28H24ClN3O3/c1-17-23-24(26(34)32(25(23)33)15-18-9-3-2-4-10-18)28(30-17)20-12-6-8-14-22(20)31(27(28)35)16-19-11-5-7-13-21(19)29/h2-14,17,23-24,30H,15-16H2,1H3/t17-,23+,24-,28-/m0/s1. The second-order valence-corrected chi connectivity index (χ2v) is 9.90. The van der Waals surface area contributed by atoms with Gasteiger partial charge in [-0.05, 0) is 30.2 Å². The maximum Gasteiger partial charge on any atom is 0.253 e. The molecule has 3 aromatic rings. The Bertz CT molecular complexity index is 1360. The van der Waals surface area contributed by atoms with Gasteiger partial charge in [0.1, 0.15) is 5.54 Å². The topological polar surface area (TPSA) is 69.7 Å². The first-order valence-corrected chi connectivity index (χ1v) is 12.1. The van der Waals surface area contributed by atoms with Gasteiger partial charge in [0, 0.05) is 22.3 Å². The van der Waals surface area contributed by atoms with Gasteiger partial charge in [0.2, 0.25) is 11.8 Å². The highest BCUT2D eigenvalue weighted by atomic mass is 35.5. The summed E-state index contributed by atoms with van der Waals surface area (Å²) in [4.78, 5) is 44.6. The molecule has 35 heavy (non-hydrogen) atoms. The van der Waals surface area contributed by atoms with E-state index in [1.165, 1.54) is 4.90 Å². The van der Waals surface area contributed by atoms with Crippen molar-refractivity contribution in [2.75, 3.05) is 4.90 Å². The zero-order valence-electron chi connectivity index (χ0n) is 19.1. The number of carbonyl (C=O) groups is 3. The number of para-hydroxylation sites is 1. The molecule has 7 heteroatoms. The van der Waals surface area contributed by atoms with Gasteiger partial charge in [-0.1, -0.05) is 78.3 Å². The molecular formula is C28H24ClN3O3. The molecule has 3 aliphatic rings. The van der Waals surface area contributed by atoms with Crippen LogP contribution >= 0.6 is 11.6 Å². The average Bonchev–Trinajstić information content (AvgIpc) is 3.40. The normalized spacial score (nSPS) is 27.1. The number of hydrogen-bond donors (Lipinski definition) is 1. The number of anilines is 1. The maximum atomic E-state index is 14.2. The minimum absolute atomic E-state index is 0.202. The number of hydrogen-bond acceptors (Lipinski definition) is 4. The summed E-state index contributed by atoms with van der Waals surface area (Å²) in [5.41, 5.74) is 1.87. The highest BCUT2D eigenvalue weighted by Crippen LogP contribution is 2.55. The Hall–Kier alpha value is -3.48. The Morgan fingerprint density at radius 3 is 2.29 bits per heavy atom. The highest BCUT2D eigenvalue weighted by molar-refractivity contribution is 6.31. The molecule has 6 nitrogen and oxygen atoms in total. The second-order valence-electron chi connectivity index (χ2n) is 9.49. The number of nitrogens with one attached hydrogen (secondary N) is 1. The molecule has 0 aromatic heterocycles. The van der Waals surface area contributed by atoms with Crippen LogP contribution in [0.3, 0.4) is 0 Å². The molecule has 2 saturated heterocycles. The van der Waals surface area contributed by atoms with Gasteiger partial charge in [0.05, 0.1) is 24.9 Å². The molecule has 1 N–H and O–H groups in total. The molecule has 0 saturated carbocycles. The molecule has 0 aliphatic carbocycles. The van der Waals surface area contributed by atoms with Crippen LogP contribution in [0.15, 0.2) is 78.9 Å². The van der Waals surface area contributed by atoms with E-state index < -0.39 is 17.4 Å². The minimum atomic E-state index is -1.29. The van der Waals surface area contributed by atoms with Crippen molar-refractivity contribution in [2.24, 2.45) is 11.8 Å². The van der Waals surface area contributed by atoms with Crippen LogP contribution < -0.4 is 10.2 Å². The third-order valence-electron chi connectivity index (χ3n) is 7.57. The van der Waals surface area contributed by atoms with Gasteiger partial charge in [-0.15, -0.1) is 0 Å². The van der Waals surface area contributed by atoms with Gasteiger partial charge in [-0.3, -0.25) is 24.6 Å². The maximum absolute atomic E-state index is 14.2.